The molecule has 1 aliphatic carbocycles. The lowest BCUT2D eigenvalue weighted by atomic mass is 9.81. The van der Waals surface area contributed by atoms with Crippen molar-refractivity contribution in [3.8, 4) is 0 Å². The van der Waals surface area contributed by atoms with Gasteiger partial charge in [-0.2, -0.15) is 0 Å². The molecule has 4 N–H and O–H groups in total. The van der Waals surface area contributed by atoms with Gasteiger partial charge in [0.05, 0.1) is 0 Å². The SMILES string of the molecule is NC(N)=NCC1CCC(CN(Cc2ccc(Cl)cc2)Cc2ccc(Cl)cc2)CC1. The predicted octanol–water partition coefficient (Wildman–Crippen LogP) is 5.08. The van der Waals surface area contributed by atoms with Gasteiger partial charge in [-0.25, -0.2) is 0 Å². The molecule has 0 radical (unpaired) electrons. The van der Waals surface area contributed by atoms with Crippen molar-refractivity contribution in [3.63, 3.8) is 0 Å². The van der Waals surface area contributed by atoms with E-state index in [0.29, 0.717) is 11.8 Å². The molecule has 2 aromatic rings. The Kier molecular flexibility index (Phi) is 8.22. The van der Waals surface area contributed by atoms with Gasteiger partial charge in [0.1, 0.15) is 0 Å². The summed E-state index contributed by atoms with van der Waals surface area (Å²) >= 11 is 12.1. The first-order chi connectivity index (χ1) is 14.0. The molecule has 6 heteroatoms. The normalized spacial score (nSPS) is 19.3. The Labute approximate surface area is 183 Å². The predicted molar refractivity (Wildman–Crippen MR) is 123 cm³/mol. The Morgan fingerprint density at radius 2 is 1.24 bits per heavy atom. The lowest BCUT2D eigenvalue weighted by molar-refractivity contribution is 0.170. The molecule has 0 bridgehead atoms. The summed E-state index contributed by atoms with van der Waals surface area (Å²) in [6, 6.07) is 16.3. The minimum Gasteiger partial charge on any atom is -0.370 e. The number of aliphatic imine (C=N–C) groups is 1. The van der Waals surface area contributed by atoms with Crippen LogP contribution in [0.5, 0.6) is 0 Å². The van der Waals surface area contributed by atoms with Gasteiger partial charge in [0, 0.05) is 36.2 Å². The number of nitrogens with zero attached hydrogens (tertiary/aromatic N) is 2. The molecule has 156 valence electrons. The molecule has 2 aromatic carbocycles. The summed E-state index contributed by atoms with van der Waals surface area (Å²) in [5.41, 5.74) is 13.5. The maximum absolute atomic E-state index is 6.06. The molecule has 3 rings (SSSR count). The van der Waals surface area contributed by atoms with Gasteiger partial charge in [0.25, 0.3) is 0 Å². The zero-order valence-electron chi connectivity index (χ0n) is 16.7. The lowest BCUT2D eigenvalue weighted by Gasteiger charge is -2.32. The maximum atomic E-state index is 6.06. The van der Waals surface area contributed by atoms with E-state index in [1.165, 1.54) is 36.8 Å². The highest BCUT2D eigenvalue weighted by atomic mass is 35.5. The van der Waals surface area contributed by atoms with Gasteiger partial charge in [0.2, 0.25) is 0 Å². The highest BCUT2D eigenvalue weighted by Gasteiger charge is 2.23. The summed E-state index contributed by atoms with van der Waals surface area (Å²) in [6.07, 6.45) is 4.83. The summed E-state index contributed by atoms with van der Waals surface area (Å²) in [5.74, 6) is 1.50. The third kappa shape index (κ3) is 7.54. The van der Waals surface area contributed by atoms with Crippen LogP contribution in [0.2, 0.25) is 10.0 Å². The van der Waals surface area contributed by atoms with Crippen molar-refractivity contribution in [2.24, 2.45) is 28.3 Å². The fourth-order valence-electron chi connectivity index (χ4n) is 4.08. The van der Waals surface area contributed by atoms with E-state index < -0.39 is 0 Å². The first-order valence-electron chi connectivity index (χ1n) is 10.2. The first-order valence-corrected chi connectivity index (χ1v) is 11.0. The van der Waals surface area contributed by atoms with E-state index in [0.717, 1.165) is 36.2 Å². The number of halogens is 2. The number of benzene rings is 2. The topological polar surface area (TPSA) is 67.6 Å². The average Bonchev–Trinajstić information content (AvgIpc) is 2.71. The van der Waals surface area contributed by atoms with E-state index in [1.807, 2.05) is 24.3 Å². The minimum absolute atomic E-state index is 0.198. The molecular weight excluding hydrogens is 403 g/mol. The average molecular weight is 433 g/mol. The van der Waals surface area contributed by atoms with Gasteiger partial charge in [0.15, 0.2) is 5.96 Å². The second-order valence-corrected chi connectivity index (χ2v) is 8.95. The van der Waals surface area contributed by atoms with Gasteiger partial charge in [-0.3, -0.25) is 9.89 Å². The maximum Gasteiger partial charge on any atom is 0.185 e. The highest BCUT2D eigenvalue weighted by molar-refractivity contribution is 6.30. The monoisotopic (exact) mass is 432 g/mol. The molecule has 0 aliphatic heterocycles. The van der Waals surface area contributed by atoms with Crippen molar-refractivity contribution in [1.29, 1.82) is 0 Å². The van der Waals surface area contributed by atoms with E-state index in [4.69, 9.17) is 34.7 Å². The summed E-state index contributed by atoms with van der Waals surface area (Å²) in [4.78, 5) is 6.74. The van der Waals surface area contributed by atoms with Crippen LogP contribution in [0.4, 0.5) is 0 Å². The van der Waals surface area contributed by atoms with Crippen molar-refractivity contribution in [2.45, 2.75) is 38.8 Å². The summed E-state index contributed by atoms with van der Waals surface area (Å²) in [6.45, 7) is 3.66. The van der Waals surface area contributed by atoms with Gasteiger partial charge >= 0.3 is 0 Å². The number of hydrogen-bond donors (Lipinski definition) is 2. The number of hydrogen-bond acceptors (Lipinski definition) is 2. The van der Waals surface area contributed by atoms with Crippen LogP contribution in [0.25, 0.3) is 0 Å². The number of rotatable bonds is 8. The Bertz CT molecular complexity index is 730. The number of guanidine groups is 1. The molecule has 1 fully saturated rings. The fourth-order valence-corrected chi connectivity index (χ4v) is 4.33. The van der Waals surface area contributed by atoms with Gasteiger partial charge in [-0.1, -0.05) is 47.5 Å². The van der Waals surface area contributed by atoms with Crippen LogP contribution in [0.15, 0.2) is 53.5 Å². The molecule has 0 spiro atoms. The van der Waals surface area contributed by atoms with Crippen LogP contribution in [-0.4, -0.2) is 23.9 Å². The van der Waals surface area contributed by atoms with Crippen LogP contribution in [0.3, 0.4) is 0 Å². The zero-order chi connectivity index (χ0) is 20.6. The molecule has 0 aromatic heterocycles. The molecule has 0 unspecified atom stereocenters. The Hall–Kier alpha value is -1.75. The van der Waals surface area contributed by atoms with E-state index in [9.17, 15) is 0 Å². The van der Waals surface area contributed by atoms with Crippen LogP contribution in [0.1, 0.15) is 36.8 Å². The van der Waals surface area contributed by atoms with E-state index in [2.05, 4.69) is 34.2 Å². The fraction of sp³-hybridized carbons (Fsp3) is 0.435. The van der Waals surface area contributed by atoms with Crippen molar-refractivity contribution in [2.75, 3.05) is 13.1 Å². The zero-order valence-corrected chi connectivity index (χ0v) is 18.2. The van der Waals surface area contributed by atoms with Gasteiger partial charge < -0.3 is 11.5 Å². The molecule has 0 amide bonds. The van der Waals surface area contributed by atoms with Crippen molar-refractivity contribution < 1.29 is 0 Å². The van der Waals surface area contributed by atoms with E-state index >= 15 is 0 Å². The molecule has 4 nitrogen and oxygen atoms in total. The highest BCUT2D eigenvalue weighted by Crippen LogP contribution is 2.30. The minimum atomic E-state index is 0.198. The molecule has 0 atom stereocenters. The molecule has 1 aliphatic rings. The van der Waals surface area contributed by atoms with E-state index in [-0.39, 0.29) is 5.96 Å². The van der Waals surface area contributed by atoms with Crippen molar-refractivity contribution in [3.05, 3.63) is 69.7 Å². The molecule has 1 saturated carbocycles. The molecule has 29 heavy (non-hydrogen) atoms. The summed E-state index contributed by atoms with van der Waals surface area (Å²) in [7, 11) is 0. The van der Waals surface area contributed by atoms with Crippen LogP contribution < -0.4 is 11.5 Å². The third-order valence-corrected chi connectivity index (χ3v) is 6.16. The molecule has 0 saturated heterocycles. The Morgan fingerprint density at radius 3 is 1.69 bits per heavy atom. The van der Waals surface area contributed by atoms with Gasteiger partial charge in [-0.15, -0.1) is 0 Å². The summed E-state index contributed by atoms with van der Waals surface area (Å²) in [5, 5.41) is 1.55. The standard InChI is InChI=1S/C23H30Cl2N4/c24-21-9-5-19(6-10-21)15-29(16-20-7-11-22(25)12-8-20)14-18-3-1-17(2-4-18)13-28-23(26)27/h5-12,17-18H,1-4,13-16H2,(H4,26,27,28). The van der Waals surface area contributed by atoms with Crippen molar-refractivity contribution in [1.82, 2.24) is 4.90 Å². The molecular formula is C23H30Cl2N4. The molecule has 0 heterocycles. The van der Waals surface area contributed by atoms with Crippen LogP contribution in [-0.2, 0) is 13.1 Å². The number of nitrogens with two attached hydrogens (primary N) is 2. The second kappa shape index (κ2) is 10.9. The lowest BCUT2D eigenvalue weighted by Crippen LogP contribution is -2.31. The second-order valence-electron chi connectivity index (χ2n) is 8.07. The Balaban J connectivity index is 1.61. The van der Waals surface area contributed by atoms with Crippen molar-refractivity contribution >= 4 is 29.2 Å². The van der Waals surface area contributed by atoms with Crippen LogP contribution >= 0.6 is 23.2 Å². The van der Waals surface area contributed by atoms with E-state index in [1.54, 1.807) is 0 Å². The summed E-state index contributed by atoms with van der Waals surface area (Å²) < 4.78 is 0. The first kappa shape index (κ1) is 21.9. The van der Waals surface area contributed by atoms with Crippen LogP contribution in [0, 0.1) is 11.8 Å². The third-order valence-electron chi connectivity index (χ3n) is 5.65. The quantitative estimate of drug-likeness (QED) is 0.451. The Morgan fingerprint density at radius 1 is 0.793 bits per heavy atom. The van der Waals surface area contributed by atoms with Gasteiger partial charge in [-0.05, 0) is 72.9 Å². The largest absolute Gasteiger partial charge is 0.370 e. The smallest absolute Gasteiger partial charge is 0.185 e.